The minimum absolute atomic E-state index is 0.794. The molecule has 1 unspecified atom stereocenters. The first-order valence-corrected chi connectivity index (χ1v) is 6.45. The van der Waals surface area contributed by atoms with Crippen LogP contribution >= 0.6 is 0 Å². The monoisotopic (exact) mass is 197 g/mol. The third-order valence-corrected chi connectivity index (χ3v) is 3.21. The highest BCUT2D eigenvalue weighted by Gasteiger charge is 2.22. The molecule has 0 spiro atoms. The molecule has 0 amide bonds. The molecule has 0 aromatic carbocycles. The lowest BCUT2D eigenvalue weighted by Gasteiger charge is -2.18. The summed E-state index contributed by atoms with van der Waals surface area (Å²) in [6.45, 7) is 8.00. The summed E-state index contributed by atoms with van der Waals surface area (Å²) in [5.41, 5.74) is 0. The summed E-state index contributed by atoms with van der Waals surface area (Å²) in [6, 6.07) is 0.794. The Morgan fingerprint density at radius 3 is 2.36 bits per heavy atom. The van der Waals surface area contributed by atoms with Crippen molar-refractivity contribution in [2.24, 2.45) is 11.8 Å². The van der Waals surface area contributed by atoms with Crippen LogP contribution in [0.25, 0.3) is 0 Å². The summed E-state index contributed by atoms with van der Waals surface area (Å²) >= 11 is 0. The molecule has 14 heavy (non-hydrogen) atoms. The molecule has 1 saturated carbocycles. The molecule has 1 aliphatic carbocycles. The van der Waals surface area contributed by atoms with E-state index >= 15 is 0 Å². The Hall–Kier alpha value is -0.0400. The number of hydrogen-bond acceptors (Lipinski definition) is 1. The SMILES string of the molecule is CCNC(CCC(C)C)CCC1CC1. The summed E-state index contributed by atoms with van der Waals surface area (Å²) < 4.78 is 0. The van der Waals surface area contributed by atoms with Crippen LogP contribution in [0.1, 0.15) is 59.3 Å². The maximum absolute atomic E-state index is 3.62. The Bertz CT molecular complexity index is 132. The van der Waals surface area contributed by atoms with Crippen LogP contribution in [-0.2, 0) is 0 Å². The molecule has 0 aromatic heterocycles. The molecule has 1 aliphatic rings. The van der Waals surface area contributed by atoms with Gasteiger partial charge < -0.3 is 5.32 Å². The molecule has 0 bridgehead atoms. The predicted octanol–water partition coefficient (Wildman–Crippen LogP) is 3.59. The van der Waals surface area contributed by atoms with Gasteiger partial charge in [0.1, 0.15) is 0 Å². The fraction of sp³-hybridized carbons (Fsp3) is 1.00. The van der Waals surface area contributed by atoms with Crippen molar-refractivity contribution in [2.45, 2.75) is 65.3 Å². The lowest BCUT2D eigenvalue weighted by molar-refractivity contribution is 0.402. The van der Waals surface area contributed by atoms with Crippen LogP contribution in [0.15, 0.2) is 0 Å². The molecule has 0 aromatic rings. The van der Waals surface area contributed by atoms with Crippen molar-refractivity contribution >= 4 is 0 Å². The van der Waals surface area contributed by atoms with Gasteiger partial charge in [0, 0.05) is 6.04 Å². The average Bonchev–Trinajstić information content (AvgIpc) is 2.93. The van der Waals surface area contributed by atoms with Gasteiger partial charge in [-0.3, -0.25) is 0 Å². The van der Waals surface area contributed by atoms with Gasteiger partial charge in [0.05, 0.1) is 0 Å². The van der Waals surface area contributed by atoms with E-state index in [1.807, 2.05) is 0 Å². The Morgan fingerprint density at radius 1 is 1.14 bits per heavy atom. The van der Waals surface area contributed by atoms with Crippen molar-refractivity contribution in [1.82, 2.24) is 5.32 Å². The van der Waals surface area contributed by atoms with E-state index in [0.29, 0.717) is 0 Å². The van der Waals surface area contributed by atoms with Crippen LogP contribution in [0.4, 0.5) is 0 Å². The first kappa shape index (κ1) is 12.0. The molecule has 1 N–H and O–H groups in total. The lowest BCUT2D eigenvalue weighted by Crippen LogP contribution is -2.29. The maximum Gasteiger partial charge on any atom is 0.00671 e. The van der Waals surface area contributed by atoms with Crippen molar-refractivity contribution in [2.75, 3.05) is 6.54 Å². The molecule has 1 heteroatoms. The molecule has 1 atom stereocenters. The number of nitrogens with one attached hydrogen (secondary N) is 1. The third kappa shape index (κ3) is 5.64. The van der Waals surface area contributed by atoms with Gasteiger partial charge in [-0.15, -0.1) is 0 Å². The Labute approximate surface area is 89.7 Å². The average molecular weight is 197 g/mol. The standard InChI is InChI=1S/C13H27N/c1-4-14-13(9-5-11(2)3)10-8-12-6-7-12/h11-14H,4-10H2,1-3H3. The summed E-state index contributed by atoms with van der Waals surface area (Å²) in [5.74, 6) is 1.95. The van der Waals surface area contributed by atoms with Crippen LogP contribution in [0.3, 0.4) is 0 Å². The van der Waals surface area contributed by atoms with E-state index in [1.165, 1.54) is 38.5 Å². The van der Waals surface area contributed by atoms with Crippen LogP contribution in [0.5, 0.6) is 0 Å². The molecule has 1 rings (SSSR count). The quantitative estimate of drug-likeness (QED) is 0.627. The summed E-state index contributed by atoms with van der Waals surface area (Å²) in [7, 11) is 0. The number of hydrogen-bond donors (Lipinski definition) is 1. The van der Waals surface area contributed by atoms with E-state index in [1.54, 1.807) is 0 Å². The fourth-order valence-electron chi connectivity index (χ4n) is 2.02. The first-order chi connectivity index (χ1) is 6.72. The molecule has 1 fully saturated rings. The highest BCUT2D eigenvalue weighted by Crippen LogP contribution is 2.34. The lowest BCUT2D eigenvalue weighted by atomic mass is 9.99. The van der Waals surface area contributed by atoms with Crippen LogP contribution in [-0.4, -0.2) is 12.6 Å². The highest BCUT2D eigenvalue weighted by atomic mass is 14.9. The summed E-state index contributed by atoms with van der Waals surface area (Å²) in [4.78, 5) is 0. The fourth-order valence-corrected chi connectivity index (χ4v) is 2.02. The van der Waals surface area contributed by atoms with Gasteiger partial charge in [-0.05, 0) is 44.1 Å². The first-order valence-electron chi connectivity index (χ1n) is 6.45. The molecule has 0 radical (unpaired) electrons. The molecular weight excluding hydrogens is 170 g/mol. The summed E-state index contributed by atoms with van der Waals surface area (Å²) in [6.07, 6.45) is 8.63. The van der Waals surface area contributed by atoms with Gasteiger partial charge in [0.15, 0.2) is 0 Å². The second-order valence-electron chi connectivity index (χ2n) is 5.25. The van der Waals surface area contributed by atoms with E-state index in [-0.39, 0.29) is 0 Å². The number of rotatable bonds is 8. The van der Waals surface area contributed by atoms with E-state index in [2.05, 4.69) is 26.1 Å². The largest absolute Gasteiger partial charge is 0.314 e. The highest BCUT2D eigenvalue weighted by molar-refractivity contribution is 4.76. The van der Waals surface area contributed by atoms with Gasteiger partial charge in [0.2, 0.25) is 0 Å². The minimum Gasteiger partial charge on any atom is -0.314 e. The van der Waals surface area contributed by atoms with Crippen molar-refractivity contribution < 1.29 is 0 Å². The van der Waals surface area contributed by atoms with Crippen LogP contribution < -0.4 is 5.32 Å². The van der Waals surface area contributed by atoms with Gasteiger partial charge in [-0.1, -0.05) is 33.6 Å². The second kappa shape index (κ2) is 6.44. The zero-order valence-corrected chi connectivity index (χ0v) is 10.2. The Morgan fingerprint density at radius 2 is 1.86 bits per heavy atom. The molecule has 0 heterocycles. The van der Waals surface area contributed by atoms with Crippen molar-refractivity contribution in [3.63, 3.8) is 0 Å². The minimum atomic E-state index is 0.794. The topological polar surface area (TPSA) is 12.0 Å². The van der Waals surface area contributed by atoms with E-state index in [9.17, 15) is 0 Å². The molecule has 0 saturated heterocycles. The van der Waals surface area contributed by atoms with E-state index in [4.69, 9.17) is 0 Å². The smallest absolute Gasteiger partial charge is 0.00671 e. The predicted molar refractivity (Wildman–Crippen MR) is 63.5 cm³/mol. The van der Waals surface area contributed by atoms with Crippen molar-refractivity contribution in [1.29, 1.82) is 0 Å². The zero-order chi connectivity index (χ0) is 10.4. The van der Waals surface area contributed by atoms with E-state index < -0.39 is 0 Å². The Kier molecular flexibility index (Phi) is 5.54. The normalized spacial score (nSPS) is 18.9. The zero-order valence-electron chi connectivity index (χ0n) is 10.2. The molecular formula is C13H27N. The van der Waals surface area contributed by atoms with Crippen molar-refractivity contribution in [3.05, 3.63) is 0 Å². The van der Waals surface area contributed by atoms with Gasteiger partial charge >= 0.3 is 0 Å². The van der Waals surface area contributed by atoms with Crippen LogP contribution in [0.2, 0.25) is 0 Å². The van der Waals surface area contributed by atoms with Gasteiger partial charge in [-0.25, -0.2) is 0 Å². The molecule has 1 nitrogen and oxygen atoms in total. The molecule has 0 aliphatic heterocycles. The van der Waals surface area contributed by atoms with E-state index in [0.717, 1.165) is 24.4 Å². The third-order valence-electron chi connectivity index (χ3n) is 3.21. The Balaban J connectivity index is 2.08. The molecule has 84 valence electrons. The maximum atomic E-state index is 3.62. The van der Waals surface area contributed by atoms with Gasteiger partial charge in [0.25, 0.3) is 0 Å². The van der Waals surface area contributed by atoms with Gasteiger partial charge in [-0.2, -0.15) is 0 Å². The van der Waals surface area contributed by atoms with Crippen LogP contribution in [0, 0.1) is 11.8 Å². The van der Waals surface area contributed by atoms with Crippen molar-refractivity contribution in [3.8, 4) is 0 Å². The second-order valence-corrected chi connectivity index (χ2v) is 5.25. The summed E-state index contributed by atoms with van der Waals surface area (Å²) in [5, 5.41) is 3.62.